The van der Waals surface area contributed by atoms with Crippen molar-refractivity contribution < 1.29 is 13.0 Å². The number of sulfonamides is 1. The molecule has 0 fully saturated rings. The zero-order valence-electron chi connectivity index (χ0n) is 12.7. The Bertz CT molecular complexity index is 745. The van der Waals surface area contributed by atoms with Gasteiger partial charge in [0.2, 0.25) is 10.0 Å². The fraction of sp³-hybridized carbons (Fsp3) is 0.583. The maximum atomic E-state index is 12.5. The highest BCUT2D eigenvalue weighted by molar-refractivity contribution is 7.89. The molecule has 0 aliphatic carbocycles. The van der Waals surface area contributed by atoms with Crippen molar-refractivity contribution in [3.63, 3.8) is 0 Å². The van der Waals surface area contributed by atoms with Gasteiger partial charge in [-0.1, -0.05) is 10.3 Å². The van der Waals surface area contributed by atoms with Gasteiger partial charge in [-0.2, -0.15) is 5.10 Å². The second kappa shape index (κ2) is 5.57. The molecule has 0 saturated carbocycles. The minimum Gasteiger partial charge on any atom is -0.266 e. The molecule has 21 heavy (non-hydrogen) atoms. The zero-order chi connectivity index (χ0) is 15.8. The second-order valence-electron chi connectivity index (χ2n) is 5.16. The number of nitrogens with zero attached hydrogens (tertiary/aromatic N) is 4. The van der Waals surface area contributed by atoms with Crippen LogP contribution in [-0.2, 0) is 16.6 Å². The maximum absolute atomic E-state index is 12.5. The predicted molar refractivity (Wildman–Crippen MR) is 75.1 cm³/mol. The van der Waals surface area contributed by atoms with Crippen molar-refractivity contribution in [2.75, 3.05) is 0 Å². The summed E-state index contributed by atoms with van der Waals surface area (Å²) in [6.07, 6.45) is 0. The Hall–Kier alpha value is -1.74. The quantitative estimate of drug-likeness (QED) is 0.891. The molecule has 2 heterocycles. The van der Waals surface area contributed by atoms with Crippen LogP contribution in [0.1, 0.15) is 42.7 Å². The molecule has 2 rings (SSSR count). The molecule has 2 aromatic rings. The van der Waals surface area contributed by atoms with Gasteiger partial charge in [-0.15, -0.1) is 0 Å². The summed E-state index contributed by atoms with van der Waals surface area (Å²) in [5.41, 5.74) is 2.11. The maximum Gasteiger partial charge on any atom is 0.244 e. The number of rotatable bonds is 5. The van der Waals surface area contributed by atoms with E-state index in [4.69, 9.17) is 0 Å². The molecule has 0 spiro atoms. The molecule has 116 valence electrons. The molecule has 0 aliphatic heterocycles. The lowest BCUT2D eigenvalue weighted by molar-refractivity contribution is 0.301. The van der Waals surface area contributed by atoms with Gasteiger partial charge in [-0.3, -0.25) is 4.68 Å². The monoisotopic (exact) mass is 313 g/mol. The summed E-state index contributed by atoms with van der Waals surface area (Å²) < 4.78 is 33.7. The Morgan fingerprint density at radius 2 is 1.86 bits per heavy atom. The van der Waals surface area contributed by atoms with E-state index in [-0.39, 0.29) is 17.5 Å². The van der Waals surface area contributed by atoms with Crippen LogP contribution in [0.4, 0.5) is 0 Å². The Labute approximate surface area is 123 Å². The summed E-state index contributed by atoms with van der Waals surface area (Å²) in [5, 5.41) is 11.6. The van der Waals surface area contributed by atoms with Crippen LogP contribution in [0.15, 0.2) is 9.52 Å². The van der Waals surface area contributed by atoms with Gasteiger partial charge < -0.3 is 0 Å². The fourth-order valence-electron chi connectivity index (χ4n) is 2.18. The van der Waals surface area contributed by atoms with Crippen LogP contribution in [0.25, 0.3) is 0 Å². The van der Waals surface area contributed by atoms with Crippen molar-refractivity contribution in [3.05, 3.63) is 22.8 Å². The molecular formula is C12H19N5O3S. The van der Waals surface area contributed by atoms with Gasteiger partial charge >= 0.3 is 0 Å². The summed E-state index contributed by atoms with van der Waals surface area (Å²) in [6, 6.07) is 0.0923. The van der Waals surface area contributed by atoms with E-state index in [1.54, 1.807) is 25.5 Å². The van der Waals surface area contributed by atoms with E-state index in [0.29, 0.717) is 22.8 Å². The molecule has 0 unspecified atom stereocenters. The molecule has 0 bridgehead atoms. The lowest BCUT2D eigenvalue weighted by Gasteiger charge is -2.09. The number of hydrogen-bond donors (Lipinski definition) is 1. The highest BCUT2D eigenvalue weighted by atomic mass is 32.2. The topological polar surface area (TPSA) is 103 Å². The average molecular weight is 313 g/mol. The highest BCUT2D eigenvalue weighted by Gasteiger charge is 2.25. The molecule has 0 saturated heterocycles. The van der Waals surface area contributed by atoms with Crippen LogP contribution < -0.4 is 4.72 Å². The third-order valence-corrected chi connectivity index (χ3v) is 4.85. The Balaban J connectivity index is 2.30. The molecule has 0 radical (unpaired) electrons. The molecule has 0 aromatic carbocycles. The van der Waals surface area contributed by atoms with Gasteiger partial charge in [0.25, 0.3) is 0 Å². The van der Waals surface area contributed by atoms with Crippen LogP contribution in [-0.4, -0.2) is 28.5 Å². The summed E-state index contributed by atoms with van der Waals surface area (Å²) in [5.74, 6) is 0. The molecule has 0 atom stereocenters. The third-order valence-electron chi connectivity index (χ3n) is 3.19. The summed E-state index contributed by atoms with van der Waals surface area (Å²) in [4.78, 5) is 0.213. The molecule has 2 aromatic heterocycles. The lowest BCUT2D eigenvalue weighted by Crippen LogP contribution is -2.25. The van der Waals surface area contributed by atoms with Crippen LogP contribution in [0.2, 0.25) is 0 Å². The van der Waals surface area contributed by atoms with Gasteiger partial charge in [-0.05, 0) is 34.6 Å². The van der Waals surface area contributed by atoms with Gasteiger partial charge in [0, 0.05) is 6.04 Å². The number of hydrogen-bond acceptors (Lipinski definition) is 6. The first-order valence-corrected chi connectivity index (χ1v) is 8.05. The minimum atomic E-state index is -3.67. The number of aromatic nitrogens is 4. The Morgan fingerprint density at radius 1 is 1.19 bits per heavy atom. The summed E-state index contributed by atoms with van der Waals surface area (Å²) >= 11 is 0. The molecule has 0 amide bonds. The molecule has 8 nitrogen and oxygen atoms in total. The van der Waals surface area contributed by atoms with E-state index in [2.05, 4.69) is 24.8 Å². The molecule has 0 aliphatic rings. The first-order valence-electron chi connectivity index (χ1n) is 6.57. The van der Waals surface area contributed by atoms with Crippen LogP contribution >= 0.6 is 0 Å². The average Bonchev–Trinajstić information content (AvgIpc) is 2.91. The van der Waals surface area contributed by atoms with E-state index >= 15 is 0 Å². The van der Waals surface area contributed by atoms with E-state index in [1.165, 1.54) is 0 Å². The van der Waals surface area contributed by atoms with Crippen molar-refractivity contribution in [2.24, 2.45) is 0 Å². The lowest BCUT2D eigenvalue weighted by atomic mass is 10.3. The Kier molecular flexibility index (Phi) is 4.15. The third kappa shape index (κ3) is 2.98. The van der Waals surface area contributed by atoms with E-state index < -0.39 is 10.0 Å². The van der Waals surface area contributed by atoms with Crippen molar-refractivity contribution in [3.8, 4) is 0 Å². The SMILES string of the molecule is Cc1nonc1CNS(=O)(=O)c1c(C)nn(C(C)C)c1C. The van der Waals surface area contributed by atoms with Crippen LogP contribution in [0.5, 0.6) is 0 Å². The predicted octanol–water partition coefficient (Wildman–Crippen LogP) is 1.25. The first-order chi connectivity index (χ1) is 9.74. The summed E-state index contributed by atoms with van der Waals surface area (Å²) in [7, 11) is -3.67. The second-order valence-corrected chi connectivity index (χ2v) is 6.86. The van der Waals surface area contributed by atoms with Crippen molar-refractivity contribution >= 4 is 10.0 Å². The molecule has 1 N–H and O–H groups in total. The number of nitrogens with one attached hydrogen (secondary N) is 1. The normalized spacial score (nSPS) is 12.3. The fourth-order valence-corrected chi connectivity index (χ4v) is 3.57. The molecular weight excluding hydrogens is 294 g/mol. The largest absolute Gasteiger partial charge is 0.266 e. The van der Waals surface area contributed by atoms with Crippen molar-refractivity contribution in [2.45, 2.75) is 52.1 Å². The highest BCUT2D eigenvalue weighted by Crippen LogP contribution is 2.22. The van der Waals surface area contributed by atoms with Crippen LogP contribution in [0, 0.1) is 20.8 Å². The molecule has 9 heteroatoms. The van der Waals surface area contributed by atoms with Gasteiger partial charge in [-0.25, -0.2) is 17.8 Å². The number of aryl methyl sites for hydroxylation is 2. The van der Waals surface area contributed by atoms with E-state index in [1.807, 2.05) is 13.8 Å². The Morgan fingerprint density at radius 3 is 2.33 bits per heavy atom. The van der Waals surface area contributed by atoms with Gasteiger partial charge in [0.05, 0.1) is 17.9 Å². The standard InChI is InChI=1S/C12H19N5O3S/c1-7(2)17-10(5)12(9(4)14-17)21(18,19)13-6-11-8(3)15-20-16-11/h7,13H,6H2,1-5H3. The van der Waals surface area contributed by atoms with Gasteiger partial charge in [0.15, 0.2) is 0 Å². The van der Waals surface area contributed by atoms with E-state index in [0.717, 1.165) is 0 Å². The zero-order valence-corrected chi connectivity index (χ0v) is 13.5. The smallest absolute Gasteiger partial charge is 0.244 e. The van der Waals surface area contributed by atoms with Crippen molar-refractivity contribution in [1.29, 1.82) is 0 Å². The summed E-state index contributed by atoms with van der Waals surface area (Å²) in [6.45, 7) is 9.07. The van der Waals surface area contributed by atoms with Crippen molar-refractivity contribution in [1.82, 2.24) is 24.8 Å². The van der Waals surface area contributed by atoms with Crippen LogP contribution in [0.3, 0.4) is 0 Å². The first kappa shape index (κ1) is 15.6. The van der Waals surface area contributed by atoms with Gasteiger partial charge in [0.1, 0.15) is 16.3 Å². The minimum absolute atomic E-state index is 0.0312. The van der Waals surface area contributed by atoms with E-state index in [9.17, 15) is 8.42 Å².